The first-order valence-electron chi connectivity index (χ1n) is 31.1. The summed E-state index contributed by atoms with van der Waals surface area (Å²) in [7, 11) is 0. The van der Waals surface area contributed by atoms with Crippen molar-refractivity contribution in [2.24, 2.45) is 0 Å². The van der Waals surface area contributed by atoms with Gasteiger partial charge < -0.3 is 14.2 Å². The Morgan fingerprint density at radius 3 is 1.26 bits per heavy atom. The molecule has 436 valence electrons. The van der Waals surface area contributed by atoms with E-state index in [0.29, 0.717) is 0 Å². The second kappa shape index (κ2) is 21.3. The Kier molecular flexibility index (Phi) is 13.8. The van der Waals surface area contributed by atoms with Gasteiger partial charge in [-0.3, -0.25) is 0 Å². The molecule has 0 radical (unpaired) electrons. The van der Waals surface area contributed by atoms with Crippen molar-refractivity contribution in [2.45, 2.75) is 120 Å². The second-order valence-corrected chi connectivity index (χ2v) is 30.4. The van der Waals surface area contributed by atoms with Gasteiger partial charge in [0.1, 0.15) is 11.2 Å². The Balaban J connectivity index is 1.16. The topological polar surface area (TPSA) is 19.6 Å². The maximum absolute atomic E-state index is 7.68. The van der Waals surface area contributed by atoms with Gasteiger partial charge >= 0.3 is 0 Å². The van der Waals surface area contributed by atoms with Crippen LogP contribution in [-0.2, 0) is 27.1 Å². The zero-order valence-corrected chi connectivity index (χ0v) is 54.3. The maximum atomic E-state index is 7.68. The van der Waals surface area contributed by atoms with Crippen LogP contribution in [0.2, 0.25) is 0 Å². The zero-order valence-electron chi connectivity index (χ0n) is 52.7. The Morgan fingerprint density at radius 2 is 0.750 bits per heavy atom. The average Bonchev–Trinajstić information content (AvgIpc) is 1.50. The third-order valence-corrected chi connectivity index (χ3v) is 20.4. The van der Waals surface area contributed by atoms with Crippen molar-refractivity contribution in [3.8, 4) is 11.1 Å². The summed E-state index contributed by atoms with van der Waals surface area (Å²) < 4.78 is 10.1. The molecule has 0 spiro atoms. The highest BCUT2D eigenvalue weighted by Crippen LogP contribution is 2.65. The number of anilines is 6. The molecule has 1 unspecified atom stereocenters. The van der Waals surface area contributed by atoms with Crippen molar-refractivity contribution in [1.82, 2.24) is 0 Å². The van der Waals surface area contributed by atoms with Gasteiger partial charge in [0.2, 0.25) is 0 Å². The lowest BCUT2D eigenvalue weighted by molar-refractivity contribution is 0.589. The van der Waals surface area contributed by atoms with E-state index in [1.807, 2.05) is 23.1 Å². The van der Waals surface area contributed by atoms with E-state index in [0.717, 1.165) is 61.6 Å². The van der Waals surface area contributed by atoms with Gasteiger partial charge in [0.05, 0.1) is 26.9 Å². The van der Waals surface area contributed by atoms with Crippen molar-refractivity contribution < 1.29 is 4.42 Å². The molecule has 1 atom stereocenters. The fourth-order valence-electron chi connectivity index (χ4n) is 13.5. The van der Waals surface area contributed by atoms with Gasteiger partial charge in [-0.1, -0.05) is 240 Å². The molecule has 0 aliphatic heterocycles. The van der Waals surface area contributed by atoms with E-state index < -0.39 is 5.41 Å². The van der Waals surface area contributed by atoms with Gasteiger partial charge in [0.15, 0.2) is 0 Å². The van der Waals surface area contributed by atoms with Crippen molar-refractivity contribution >= 4 is 99.3 Å². The molecule has 1 aliphatic rings. The van der Waals surface area contributed by atoms with E-state index in [1.165, 1.54) is 80.0 Å². The van der Waals surface area contributed by atoms with E-state index >= 15 is 0 Å². The molecule has 2 aromatic heterocycles. The van der Waals surface area contributed by atoms with E-state index in [2.05, 4.69) is 336 Å². The molecule has 5 heteroatoms. The van der Waals surface area contributed by atoms with Crippen LogP contribution in [0.25, 0.3) is 53.2 Å². The van der Waals surface area contributed by atoms with Gasteiger partial charge in [0, 0.05) is 59.0 Å². The molecule has 0 amide bonds. The first kappa shape index (κ1) is 57.2. The monoisotopic (exact) mass is 1180 g/mol. The third-order valence-electron chi connectivity index (χ3n) is 18.2. The highest BCUT2D eigenvalue weighted by atomic mass is 32.2. The first-order valence-corrected chi connectivity index (χ1v) is 32.7. The van der Waals surface area contributed by atoms with Crippen molar-refractivity contribution in [3.05, 3.63) is 287 Å². The normalized spacial score (nSPS) is 14.5. The Hall–Kier alpha value is -8.61. The van der Waals surface area contributed by atoms with Crippen molar-refractivity contribution in [1.29, 1.82) is 0 Å². The number of fused-ring (bicyclic) bond motifs is 11. The highest BCUT2D eigenvalue weighted by Gasteiger charge is 2.50. The van der Waals surface area contributed by atoms with Crippen LogP contribution >= 0.6 is 23.1 Å². The van der Waals surface area contributed by atoms with E-state index in [9.17, 15) is 0 Å². The number of furan rings is 1. The largest absolute Gasteiger partial charge is 0.455 e. The molecule has 88 heavy (non-hydrogen) atoms. The number of benzene rings is 11. The Labute approximate surface area is 528 Å². The predicted octanol–water partition coefficient (Wildman–Crippen LogP) is 24.6. The molecular formula is C83H76N2OS2. The Bertz CT molecular complexity index is 4740. The summed E-state index contributed by atoms with van der Waals surface area (Å²) in [5, 5.41) is 4.61. The summed E-state index contributed by atoms with van der Waals surface area (Å²) in [6.07, 6.45) is 0. The minimum atomic E-state index is -0.913. The molecule has 0 N–H and O–H groups in total. The van der Waals surface area contributed by atoms with Gasteiger partial charge in [-0.25, -0.2) is 0 Å². The lowest BCUT2D eigenvalue weighted by Crippen LogP contribution is -2.29. The van der Waals surface area contributed by atoms with Gasteiger partial charge in [-0.05, 0) is 169 Å². The lowest BCUT2D eigenvalue weighted by Gasteiger charge is -2.36. The number of nitrogens with zero attached hydrogens (tertiary/aromatic N) is 2. The summed E-state index contributed by atoms with van der Waals surface area (Å²) in [4.78, 5) is 7.40. The molecule has 3 nitrogen and oxygen atoms in total. The molecule has 0 saturated carbocycles. The summed E-state index contributed by atoms with van der Waals surface area (Å²) in [5.41, 5.74) is 19.5. The standard InChI is InChI=1S/C83H76N2OS2/c1-79(2,3)53-31-33-57(34-32-53)83(58-41-49-64(50-42-58)87-63-47-39-56(40-48-63)82(10,11)12)67-52-70(85(60-25-17-14-18-26-60)62-45-37-55(38-46-62)81(7,8)9)78-74(66-28-20-22-30-72(66)88-78)75(67)76-68(83)51-69(73-65-27-19-21-29-71(65)86-77(73)76)84(59-23-15-13-16-24-59)61-43-35-54(36-44-61)80(4,5)6/h13-52H,1-12H3. The van der Waals surface area contributed by atoms with Crippen LogP contribution in [-0.4, -0.2) is 0 Å². The lowest BCUT2D eigenvalue weighted by atomic mass is 9.67. The summed E-state index contributed by atoms with van der Waals surface area (Å²) in [6, 6.07) is 91.8. The second-order valence-electron chi connectivity index (χ2n) is 28.2. The quantitative estimate of drug-likeness (QED) is 0.136. The van der Waals surface area contributed by atoms with E-state index in [1.54, 1.807) is 0 Å². The molecule has 11 aromatic carbocycles. The van der Waals surface area contributed by atoms with Crippen molar-refractivity contribution in [3.63, 3.8) is 0 Å². The van der Waals surface area contributed by atoms with E-state index in [-0.39, 0.29) is 21.7 Å². The van der Waals surface area contributed by atoms with Gasteiger partial charge in [-0.2, -0.15) is 0 Å². The SMILES string of the molecule is CC(C)(C)c1ccc(Sc2ccc(C3(c4ccc(C(C)(C)C)cc4)c4cc(N(c5ccccc5)c5ccc(C(C)(C)C)cc5)c5c(oc6ccccc65)c4-c4c3cc(N(c3ccccc3)c3ccc(C(C)(C)C)cc3)c3sc5ccccc5c43)cc2)cc1. The van der Waals surface area contributed by atoms with E-state index in [4.69, 9.17) is 4.42 Å². The number of hydrogen-bond acceptors (Lipinski definition) is 5. The smallest absolute Gasteiger partial charge is 0.145 e. The molecule has 13 aromatic rings. The molecule has 0 bridgehead atoms. The van der Waals surface area contributed by atoms with Crippen LogP contribution in [0.1, 0.15) is 128 Å². The predicted molar refractivity (Wildman–Crippen MR) is 379 cm³/mol. The molecule has 0 fully saturated rings. The fourth-order valence-corrected chi connectivity index (χ4v) is 15.6. The zero-order chi connectivity index (χ0) is 61.1. The molecule has 14 rings (SSSR count). The van der Waals surface area contributed by atoms with Crippen LogP contribution in [0, 0.1) is 0 Å². The molecule has 0 saturated heterocycles. The van der Waals surface area contributed by atoms with Crippen LogP contribution < -0.4 is 9.80 Å². The third kappa shape index (κ3) is 9.73. The van der Waals surface area contributed by atoms with Crippen LogP contribution in [0.5, 0.6) is 0 Å². The minimum absolute atomic E-state index is 0.0198. The Morgan fingerprint density at radius 1 is 0.364 bits per heavy atom. The van der Waals surface area contributed by atoms with Crippen LogP contribution in [0.4, 0.5) is 34.1 Å². The highest BCUT2D eigenvalue weighted by molar-refractivity contribution is 7.99. The molecule has 1 aliphatic carbocycles. The fraction of sp³-hybridized carbons (Fsp3) is 0.205. The number of thiophene rings is 1. The maximum Gasteiger partial charge on any atom is 0.145 e. The summed E-state index contributed by atoms with van der Waals surface area (Å²) >= 11 is 3.71. The minimum Gasteiger partial charge on any atom is -0.455 e. The number of rotatable bonds is 10. The van der Waals surface area contributed by atoms with Crippen molar-refractivity contribution in [2.75, 3.05) is 9.80 Å². The summed E-state index contributed by atoms with van der Waals surface area (Å²) in [5.74, 6) is 0. The van der Waals surface area contributed by atoms with Gasteiger partial charge in [0.25, 0.3) is 0 Å². The average molecular weight is 1180 g/mol. The van der Waals surface area contributed by atoms with Gasteiger partial charge in [-0.15, -0.1) is 11.3 Å². The molecule has 2 heterocycles. The number of para-hydroxylation sites is 3. The molecular weight excluding hydrogens is 1110 g/mol. The number of hydrogen-bond donors (Lipinski definition) is 0. The summed E-state index contributed by atoms with van der Waals surface area (Å²) in [6.45, 7) is 27.6. The van der Waals surface area contributed by atoms with Crippen LogP contribution in [0.3, 0.4) is 0 Å². The first-order chi connectivity index (χ1) is 42.2. The van der Waals surface area contributed by atoms with Crippen LogP contribution in [0.15, 0.2) is 257 Å².